The van der Waals surface area contributed by atoms with Crippen LogP contribution in [0.15, 0.2) is 42.5 Å². The second kappa shape index (κ2) is 5.95. The zero-order valence-electron chi connectivity index (χ0n) is 10.9. The van der Waals surface area contributed by atoms with Gasteiger partial charge in [-0.3, -0.25) is 0 Å². The van der Waals surface area contributed by atoms with Crippen LogP contribution in [0.4, 0.5) is 0 Å². The zero-order chi connectivity index (χ0) is 13.8. The zero-order valence-corrected chi connectivity index (χ0v) is 11.6. The van der Waals surface area contributed by atoms with Crippen molar-refractivity contribution in [2.45, 2.75) is 6.04 Å². The first kappa shape index (κ1) is 13.7. The van der Waals surface area contributed by atoms with Crippen molar-refractivity contribution in [3.8, 4) is 11.5 Å². The van der Waals surface area contributed by atoms with Gasteiger partial charge in [-0.2, -0.15) is 0 Å². The number of ether oxygens (including phenoxy) is 2. The Morgan fingerprint density at radius 3 is 2.37 bits per heavy atom. The molecule has 0 fully saturated rings. The van der Waals surface area contributed by atoms with Gasteiger partial charge in [0.2, 0.25) is 0 Å². The smallest absolute Gasteiger partial charge is 0.127 e. The maximum absolute atomic E-state index is 6.28. The Hall–Kier alpha value is -1.71. The lowest BCUT2D eigenvalue weighted by Gasteiger charge is -2.18. The minimum atomic E-state index is -0.338. The van der Waals surface area contributed by atoms with Crippen molar-refractivity contribution < 1.29 is 9.47 Å². The van der Waals surface area contributed by atoms with E-state index in [1.54, 1.807) is 14.2 Å². The minimum Gasteiger partial charge on any atom is -0.497 e. The Kier molecular flexibility index (Phi) is 4.30. The summed E-state index contributed by atoms with van der Waals surface area (Å²) in [6.07, 6.45) is 0. The quantitative estimate of drug-likeness (QED) is 0.931. The molecule has 2 aromatic rings. The fourth-order valence-corrected chi connectivity index (χ4v) is 2.22. The summed E-state index contributed by atoms with van der Waals surface area (Å²) >= 11 is 6.18. The van der Waals surface area contributed by atoms with Crippen LogP contribution >= 0.6 is 11.6 Å². The molecule has 19 heavy (non-hydrogen) atoms. The monoisotopic (exact) mass is 277 g/mol. The Morgan fingerprint density at radius 1 is 1.00 bits per heavy atom. The van der Waals surface area contributed by atoms with E-state index in [-0.39, 0.29) is 6.04 Å². The van der Waals surface area contributed by atoms with Crippen molar-refractivity contribution >= 4 is 11.6 Å². The largest absolute Gasteiger partial charge is 0.497 e. The molecule has 2 N–H and O–H groups in total. The van der Waals surface area contributed by atoms with Gasteiger partial charge in [0.05, 0.1) is 20.3 Å². The van der Waals surface area contributed by atoms with Gasteiger partial charge in [-0.25, -0.2) is 0 Å². The van der Waals surface area contributed by atoms with Crippen LogP contribution < -0.4 is 15.2 Å². The number of hydrogen-bond donors (Lipinski definition) is 1. The molecule has 0 heterocycles. The van der Waals surface area contributed by atoms with Crippen molar-refractivity contribution in [2.24, 2.45) is 5.73 Å². The first-order valence-electron chi connectivity index (χ1n) is 5.89. The molecule has 1 atom stereocenters. The van der Waals surface area contributed by atoms with Crippen LogP contribution in [0, 0.1) is 0 Å². The molecule has 0 amide bonds. The normalized spacial score (nSPS) is 12.0. The second-order valence-electron chi connectivity index (χ2n) is 4.11. The van der Waals surface area contributed by atoms with Gasteiger partial charge in [-0.1, -0.05) is 29.8 Å². The lowest BCUT2D eigenvalue weighted by molar-refractivity contribution is 0.390. The number of benzene rings is 2. The topological polar surface area (TPSA) is 44.5 Å². The first-order valence-corrected chi connectivity index (χ1v) is 6.27. The predicted molar refractivity (Wildman–Crippen MR) is 77.0 cm³/mol. The van der Waals surface area contributed by atoms with Crippen LogP contribution in [-0.2, 0) is 0 Å². The molecular formula is C15H16ClNO2. The van der Waals surface area contributed by atoms with Crippen LogP contribution in [0.2, 0.25) is 5.02 Å². The Bertz CT molecular complexity index is 572. The van der Waals surface area contributed by atoms with E-state index < -0.39 is 0 Å². The van der Waals surface area contributed by atoms with E-state index in [9.17, 15) is 0 Å². The molecule has 0 radical (unpaired) electrons. The Morgan fingerprint density at radius 2 is 1.74 bits per heavy atom. The molecule has 4 heteroatoms. The molecule has 0 saturated carbocycles. The highest BCUT2D eigenvalue weighted by Gasteiger charge is 2.16. The lowest BCUT2D eigenvalue weighted by atomic mass is 9.98. The summed E-state index contributed by atoms with van der Waals surface area (Å²) in [5, 5.41) is 0.646. The summed E-state index contributed by atoms with van der Waals surface area (Å²) in [4.78, 5) is 0. The van der Waals surface area contributed by atoms with Crippen LogP contribution in [0.1, 0.15) is 17.2 Å². The Balaban J connectivity index is 2.44. The van der Waals surface area contributed by atoms with Crippen molar-refractivity contribution in [1.29, 1.82) is 0 Å². The van der Waals surface area contributed by atoms with E-state index in [4.69, 9.17) is 26.8 Å². The van der Waals surface area contributed by atoms with Crippen molar-refractivity contribution in [3.05, 3.63) is 58.6 Å². The molecule has 0 aliphatic rings. The fourth-order valence-electron chi connectivity index (χ4n) is 1.97. The summed E-state index contributed by atoms with van der Waals surface area (Å²) in [7, 11) is 3.22. The third-order valence-electron chi connectivity index (χ3n) is 3.02. The van der Waals surface area contributed by atoms with Crippen LogP contribution in [0.25, 0.3) is 0 Å². The van der Waals surface area contributed by atoms with Crippen LogP contribution in [0.5, 0.6) is 11.5 Å². The average molecular weight is 278 g/mol. The van der Waals surface area contributed by atoms with Gasteiger partial charge in [-0.05, 0) is 23.8 Å². The molecule has 3 nitrogen and oxygen atoms in total. The highest BCUT2D eigenvalue weighted by Crippen LogP contribution is 2.33. The third kappa shape index (κ3) is 2.83. The van der Waals surface area contributed by atoms with Crippen molar-refractivity contribution in [3.63, 3.8) is 0 Å². The molecule has 0 bridgehead atoms. The summed E-state index contributed by atoms with van der Waals surface area (Å²) in [6.45, 7) is 0. The van der Waals surface area contributed by atoms with Gasteiger partial charge in [0.1, 0.15) is 11.5 Å². The molecule has 0 saturated heterocycles. The average Bonchev–Trinajstić information content (AvgIpc) is 2.46. The number of methoxy groups -OCH3 is 2. The molecule has 0 unspecified atom stereocenters. The molecule has 0 spiro atoms. The summed E-state index contributed by atoms with van der Waals surface area (Å²) in [6, 6.07) is 12.8. The first-order chi connectivity index (χ1) is 9.17. The van der Waals surface area contributed by atoms with E-state index in [1.165, 1.54) is 0 Å². The molecule has 0 aliphatic carbocycles. The molecule has 0 aromatic heterocycles. The number of halogens is 1. The van der Waals surface area contributed by atoms with E-state index in [0.717, 1.165) is 16.9 Å². The van der Waals surface area contributed by atoms with Gasteiger partial charge < -0.3 is 15.2 Å². The van der Waals surface area contributed by atoms with E-state index in [0.29, 0.717) is 10.8 Å². The molecule has 2 rings (SSSR count). The van der Waals surface area contributed by atoms with Gasteiger partial charge in [0.15, 0.2) is 0 Å². The van der Waals surface area contributed by atoms with E-state index >= 15 is 0 Å². The molecule has 0 aliphatic heterocycles. The minimum absolute atomic E-state index is 0.338. The molecule has 100 valence electrons. The SMILES string of the molecule is COc1ccc([C@H](N)c2ccccc2Cl)c(OC)c1. The highest BCUT2D eigenvalue weighted by molar-refractivity contribution is 6.31. The fraction of sp³-hybridized carbons (Fsp3) is 0.200. The second-order valence-corrected chi connectivity index (χ2v) is 4.51. The summed E-state index contributed by atoms with van der Waals surface area (Å²) in [5.41, 5.74) is 8.02. The van der Waals surface area contributed by atoms with E-state index in [1.807, 2.05) is 42.5 Å². The predicted octanol–water partition coefficient (Wildman–Crippen LogP) is 3.41. The molecular weight excluding hydrogens is 262 g/mol. The maximum Gasteiger partial charge on any atom is 0.127 e. The van der Waals surface area contributed by atoms with Crippen molar-refractivity contribution in [2.75, 3.05) is 14.2 Å². The van der Waals surface area contributed by atoms with Gasteiger partial charge in [0, 0.05) is 16.7 Å². The molecule has 2 aromatic carbocycles. The summed E-state index contributed by atoms with van der Waals surface area (Å²) in [5.74, 6) is 1.42. The highest BCUT2D eigenvalue weighted by atomic mass is 35.5. The number of rotatable bonds is 4. The third-order valence-corrected chi connectivity index (χ3v) is 3.36. The number of hydrogen-bond acceptors (Lipinski definition) is 3. The maximum atomic E-state index is 6.28. The van der Waals surface area contributed by atoms with Gasteiger partial charge in [0.25, 0.3) is 0 Å². The van der Waals surface area contributed by atoms with Crippen LogP contribution in [0.3, 0.4) is 0 Å². The summed E-state index contributed by atoms with van der Waals surface area (Å²) < 4.78 is 10.5. The van der Waals surface area contributed by atoms with Gasteiger partial charge in [-0.15, -0.1) is 0 Å². The number of nitrogens with two attached hydrogens (primary N) is 1. The standard InChI is InChI=1S/C15H16ClNO2/c1-18-10-7-8-12(14(9-10)19-2)15(17)11-5-3-4-6-13(11)16/h3-9,15H,17H2,1-2H3/t15-/m1/s1. The Labute approximate surface area is 117 Å². The lowest BCUT2D eigenvalue weighted by Crippen LogP contribution is -2.13. The van der Waals surface area contributed by atoms with Crippen molar-refractivity contribution in [1.82, 2.24) is 0 Å². The van der Waals surface area contributed by atoms with Gasteiger partial charge >= 0.3 is 0 Å². The van der Waals surface area contributed by atoms with Crippen LogP contribution in [-0.4, -0.2) is 14.2 Å². The van der Waals surface area contributed by atoms with E-state index in [2.05, 4.69) is 0 Å².